The molecule has 0 spiro atoms. The summed E-state index contributed by atoms with van der Waals surface area (Å²) in [5, 5.41) is 10.7. The average molecular weight is 345 g/mol. The molecule has 7 nitrogen and oxygen atoms in total. The number of rotatable bonds is 8. The molecule has 0 radical (unpaired) electrons. The molecule has 0 aliphatic carbocycles. The predicted octanol–water partition coefficient (Wildman–Crippen LogP) is 1.95. The monoisotopic (exact) mass is 345 g/mol. The van der Waals surface area contributed by atoms with E-state index in [9.17, 15) is 23.2 Å². The fraction of sp³-hybridized carbons (Fsp3) is 0.400. The van der Waals surface area contributed by atoms with Gasteiger partial charge in [0.25, 0.3) is 0 Å². The Morgan fingerprint density at radius 1 is 1.21 bits per heavy atom. The summed E-state index contributed by atoms with van der Waals surface area (Å²) in [6.07, 6.45) is -2.63. The highest BCUT2D eigenvalue weighted by atomic mass is 19.3. The molecular weight excluding hydrogens is 328 g/mol. The van der Waals surface area contributed by atoms with Crippen LogP contribution in [0.5, 0.6) is 0 Å². The Balaban J connectivity index is 2.60. The Bertz CT molecular complexity index is 579. The lowest BCUT2D eigenvalue weighted by Crippen LogP contribution is -2.47. The van der Waals surface area contributed by atoms with Crippen molar-refractivity contribution in [1.82, 2.24) is 5.32 Å². The number of halogens is 2. The standard InChI is InChI=1S/C15H17F2NO6/c1-2-23-13(21)15(16,17)8-11(12(19)20)18-14(22)24-9-10-6-4-3-5-7-10/h3-7,11H,2,8-9H2,1H3,(H,18,22)(H,19,20)/t11-/m0/s1. The Hall–Kier alpha value is -2.71. The molecule has 1 aromatic rings. The van der Waals surface area contributed by atoms with Gasteiger partial charge in [-0.25, -0.2) is 14.4 Å². The van der Waals surface area contributed by atoms with Crippen LogP contribution in [0.1, 0.15) is 18.9 Å². The van der Waals surface area contributed by atoms with Crippen molar-refractivity contribution in [2.75, 3.05) is 6.61 Å². The SMILES string of the molecule is CCOC(=O)C(F)(F)C[C@H](NC(=O)OCc1ccccc1)C(=O)O. The maximum atomic E-state index is 13.6. The molecule has 1 rings (SSSR count). The molecule has 0 unspecified atom stereocenters. The first-order valence-corrected chi connectivity index (χ1v) is 7.01. The summed E-state index contributed by atoms with van der Waals surface area (Å²) in [4.78, 5) is 33.7. The van der Waals surface area contributed by atoms with Gasteiger partial charge in [0.05, 0.1) is 13.0 Å². The van der Waals surface area contributed by atoms with E-state index < -0.39 is 36.4 Å². The zero-order chi connectivity index (χ0) is 18.2. The molecule has 1 amide bonds. The van der Waals surface area contributed by atoms with E-state index in [0.29, 0.717) is 5.56 Å². The van der Waals surface area contributed by atoms with Gasteiger partial charge in [-0.1, -0.05) is 30.3 Å². The predicted molar refractivity (Wildman–Crippen MR) is 77.4 cm³/mol. The molecule has 0 bridgehead atoms. The molecule has 0 aliphatic heterocycles. The van der Waals surface area contributed by atoms with Crippen LogP contribution in [-0.2, 0) is 25.7 Å². The van der Waals surface area contributed by atoms with E-state index in [1.54, 1.807) is 35.6 Å². The van der Waals surface area contributed by atoms with E-state index in [0.717, 1.165) is 0 Å². The summed E-state index contributed by atoms with van der Waals surface area (Å²) in [7, 11) is 0. The third-order valence-corrected chi connectivity index (χ3v) is 2.84. The normalized spacial score (nSPS) is 12.1. The highest BCUT2D eigenvalue weighted by Gasteiger charge is 2.45. The first-order valence-electron chi connectivity index (χ1n) is 7.01. The average Bonchev–Trinajstić information content (AvgIpc) is 2.53. The van der Waals surface area contributed by atoms with Crippen molar-refractivity contribution in [3.63, 3.8) is 0 Å². The van der Waals surface area contributed by atoms with Gasteiger partial charge < -0.3 is 19.9 Å². The van der Waals surface area contributed by atoms with E-state index in [4.69, 9.17) is 9.84 Å². The van der Waals surface area contributed by atoms with Crippen LogP contribution >= 0.6 is 0 Å². The molecule has 0 saturated heterocycles. The molecular formula is C15H17F2NO6. The minimum absolute atomic E-state index is 0.159. The fourth-order valence-corrected chi connectivity index (χ4v) is 1.68. The number of nitrogens with one attached hydrogen (secondary N) is 1. The molecule has 0 aliphatic rings. The molecule has 0 saturated carbocycles. The topological polar surface area (TPSA) is 102 Å². The van der Waals surface area contributed by atoms with E-state index in [1.807, 2.05) is 0 Å². The lowest BCUT2D eigenvalue weighted by molar-refractivity contribution is -0.174. The molecule has 9 heteroatoms. The van der Waals surface area contributed by atoms with Gasteiger partial charge in [-0.3, -0.25) is 0 Å². The van der Waals surface area contributed by atoms with Gasteiger partial charge in [0.2, 0.25) is 0 Å². The van der Waals surface area contributed by atoms with Crippen molar-refractivity contribution in [1.29, 1.82) is 0 Å². The van der Waals surface area contributed by atoms with Crippen LogP contribution in [0.3, 0.4) is 0 Å². The number of ether oxygens (including phenoxy) is 2. The van der Waals surface area contributed by atoms with Crippen LogP contribution in [-0.4, -0.2) is 41.7 Å². The third kappa shape index (κ3) is 6.19. The molecule has 0 fully saturated rings. The highest BCUT2D eigenvalue weighted by molar-refractivity contribution is 5.83. The van der Waals surface area contributed by atoms with Crippen molar-refractivity contribution < 1.29 is 37.7 Å². The number of benzene rings is 1. The summed E-state index contributed by atoms with van der Waals surface area (Å²) in [5.74, 6) is -7.63. The quantitative estimate of drug-likeness (QED) is 0.698. The lowest BCUT2D eigenvalue weighted by Gasteiger charge is -2.20. The molecule has 0 aromatic heterocycles. The van der Waals surface area contributed by atoms with E-state index in [-0.39, 0.29) is 13.2 Å². The van der Waals surface area contributed by atoms with Crippen molar-refractivity contribution in [2.24, 2.45) is 0 Å². The molecule has 132 valence electrons. The van der Waals surface area contributed by atoms with Gasteiger partial charge in [-0.05, 0) is 12.5 Å². The summed E-state index contributed by atoms with van der Waals surface area (Å²) in [6.45, 7) is 0.897. The van der Waals surface area contributed by atoms with Crippen molar-refractivity contribution >= 4 is 18.0 Å². The van der Waals surface area contributed by atoms with E-state index in [1.165, 1.54) is 6.92 Å². The maximum absolute atomic E-state index is 13.6. The van der Waals surface area contributed by atoms with Gasteiger partial charge in [-0.15, -0.1) is 0 Å². The first kappa shape index (κ1) is 19.3. The second-order valence-electron chi connectivity index (χ2n) is 4.73. The van der Waals surface area contributed by atoms with E-state index in [2.05, 4.69) is 4.74 Å². The number of carbonyl (C=O) groups is 3. The number of esters is 1. The number of carboxylic acid groups (broad SMARTS) is 1. The first-order chi connectivity index (χ1) is 11.3. The molecule has 1 aromatic carbocycles. The number of carboxylic acids is 1. The second kappa shape index (κ2) is 8.80. The van der Waals surface area contributed by atoms with Crippen LogP contribution in [0, 0.1) is 0 Å². The number of alkyl halides is 2. The van der Waals surface area contributed by atoms with Gasteiger partial charge in [0, 0.05) is 0 Å². The summed E-state index contributed by atoms with van der Waals surface area (Å²) in [6, 6.07) is 6.48. The number of carbonyl (C=O) groups excluding carboxylic acids is 2. The zero-order valence-corrected chi connectivity index (χ0v) is 12.8. The Morgan fingerprint density at radius 2 is 1.83 bits per heavy atom. The van der Waals surface area contributed by atoms with Gasteiger partial charge in [0.15, 0.2) is 0 Å². The van der Waals surface area contributed by atoms with Crippen molar-refractivity contribution in [3.8, 4) is 0 Å². The lowest BCUT2D eigenvalue weighted by atomic mass is 10.1. The van der Waals surface area contributed by atoms with Crippen LogP contribution in [0.4, 0.5) is 13.6 Å². The summed E-state index contributed by atoms with van der Waals surface area (Å²) < 4.78 is 36.1. The molecule has 0 heterocycles. The molecule has 1 atom stereocenters. The summed E-state index contributed by atoms with van der Waals surface area (Å²) >= 11 is 0. The second-order valence-corrected chi connectivity index (χ2v) is 4.73. The molecule has 2 N–H and O–H groups in total. The van der Waals surface area contributed by atoms with Crippen LogP contribution in [0.15, 0.2) is 30.3 Å². The Morgan fingerprint density at radius 3 is 2.38 bits per heavy atom. The summed E-state index contributed by atoms with van der Waals surface area (Å²) in [5.41, 5.74) is 0.636. The number of amides is 1. The van der Waals surface area contributed by atoms with Crippen LogP contribution in [0.2, 0.25) is 0 Å². The molecule has 24 heavy (non-hydrogen) atoms. The smallest absolute Gasteiger partial charge is 0.408 e. The maximum Gasteiger partial charge on any atom is 0.408 e. The van der Waals surface area contributed by atoms with Crippen LogP contribution in [0.25, 0.3) is 0 Å². The highest BCUT2D eigenvalue weighted by Crippen LogP contribution is 2.22. The minimum Gasteiger partial charge on any atom is -0.480 e. The Labute approximate surface area is 136 Å². The van der Waals surface area contributed by atoms with Gasteiger partial charge in [0.1, 0.15) is 12.6 Å². The largest absolute Gasteiger partial charge is 0.480 e. The fourth-order valence-electron chi connectivity index (χ4n) is 1.68. The third-order valence-electron chi connectivity index (χ3n) is 2.84. The number of hydrogen-bond donors (Lipinski definition) is 2. The Kier molecular flexibility index (Phi) is 7.09. The zero-order valence-electron chi connectivity index (χ0n) is 12.8. The van der Waals surface area contributed by atoms with Gasteiger partial charge in [-0.2, -0.15) is 8.78 Å². The number of aliphatic carboxylic acids is 1. The van der Waals surface area contributed by atoms with Gasteiger partial charge >= 0.3 is 24.0 Å². The number of hydrogen-bond acceptors (Lipinski definition) is 5. The van der Waals surface area contributed by atoms with E-state index >= 15 is 0 Å². The minimum atomic E-state index is -4.05. The van der Waals surface area contributed by atoms with Crippen molar-refractivity contribution in [2.45, 2.75) is 31.9 Å². The number of alkyl carbamates (subject to hydrolysis) is 1. The van der Waals surface area contributed by atoms with Crippen LogP contribution < -0.4 is 5.32 Å². The van der Waals surface area contributed by atoms with Crippen molar-refractivity contribution in [3.05, 3.63) is 35.9 Å².